The molecule has 1 fully saturated rings. The maximum atomic E-state index is 6.21. The highest BCUT2D eigenvalue weighted by Gasteiger charge is 2.26. The van der Waals surface area contributed by atoms with Crippen LogP contribution in [0.25, 0.3) is 0 Å². The zero-order valence-electron chi connectivity index (χ0n) is 11.3. The van der Waals surface area contributed by atoms with Crippen LogP contribution in [0.5, 0.6) is 5.75 Å². The van der Waals surface area contributed by atoms with E-state index in [9.17, 15) is 0 Å². The Labute approximate surface area is 125 Å². The Balaban J connectivity index is 2.07. The summed E-state index contributed by atoms with van der Waals surface area (Å²) >= 11 is 12.2. The molecule has 1 aliphatic heterocycles. The van der Waals surface area contributed by atoms with E-state index < -0.39 is 0 Å². The first-order valence-electron chi connectivity index (χ1n) is 7.03. The van der Waals surface area contributed by atoms with Gasteiger partial charge in [-0.05, 0) is 31.5 Å². The van der Waals surface area contributed by atoms with Crippen LogP contribution < -0.4 is 10.1 Å². The van der Waals surface area contributed by atoms with Crippen molar-refractivity contribution in [2.24, 2.45) is 5.92 Å². The molecule has 1 unspecified atom stereocenters. The van der Waals surface area contributed by atoms with Gasteiger partial charge in [-0.15, -0.1) is 0 Å². The molecule has 0 spiro atoms. The summed E-state index contributed by atoms with van der Waals surface area (Å²) in [5.74, 6) is 1.28. The average Bonchev–Trinajstić information content (AvgIpc) is 2.93. The maximum absolute atomic E-state index is 6.21. The Morgan fingerprint density at radius 1 is 1.42 bits per heavy atom. The van der Waals surface area contributed by atoms with Crippen LogP contribution in [-0.4, -0.2) is 19.2 Å². The number of halogens is 2. The third-order valence-electron chi connectivity index (χ3n) is 3.66. The van der Waals surface area contributed by atoms with Crippen LogP contribution in [0.1, 0.15) is 32.6 Å². The Hall–Kier alpha value is -0.440. The topological polar surface area (TPSA) is 21.3 Å². The summed E-state index contributed by atoms with van der Waals surface area (Å²) in [5, 5.41) is 4.48. The van der Waals surface area contributed by atoms with Crippen LogP contribution in [0.4, 0.5) is 0 Å². The van der Waals surface area contributed by atoms with Crippen LogP contribution >= 0.6 is 23.2 Å². The smallest absolute Gasteiger partial charge is 0.139 e. The second-order valence-corrected chi connectivity index (χ2v) is 5.89. The van der Waals surface area contributed by atoms with Crippen LogP contribution in [0.2, 0.25) is 10.0 Å². The molecular formula is C15H21Cl2NO. The van der Waals surface area contributed by atoms with Gasteiger partial charge < -0.3 is 10.1 Å². The predicted octanol–water partition coefficient (Wildman–Crippen LogP) is 4.54. The summed E-state index contributed by atoms with van der Waals surface area (Å²) in [5.41, 5.74) is 0. The lowest BCUT2D eigenvalue weighted by molar-refractivity contribution is 0.131. The number of unbranched alkanes of at least 4 members (excludes halogenated alkanes) is 1. The van der Waals surface area contributed by atoms with E-state index in [1.165, 1.54) is 19.3 Å². The molecule has 1 aromatic rings. The van der Waals surface area contributed by atoms with Crippen molar-refractivity contribution in [3.8, 4) is 5.75 Å². The van der Waals surface area contributed by atoms with Gasteiger partial charge in [0.2, 0.25) is 0 Å². The SMILES string of the molecule is CCCC[C@@H](Oc1cccc(Cl)c1Cl)C1CCNC1. The molecule has 0 saturated carbocycles. The maximum Gasteiger partial charge on any atom is 0.139 e. The molecule has 1 heterocycles. The number of rotatable bonds is 6. The lowest BCUT2D eigenvalue weighted by Crippen LogP contribution is -2.29. The van der Waals surface area contributed by atoms with E-state index >= 15 is 0 Å². The summed E-state index contributed by atoms with van der Waals surface area (Å²) in [7, 11) is 0. The van der Waals surface area contributed by atoms with Gasteiger partial charge in [-0.25, -0.2) is 0 Å². The fraction of sp³-hybridized carbons (Fsp3) is 0.600. The monoisotopic (exact) mass is 301 g/mol. The molecular weight excluding hydrogens is 281 g/mol. The molecule has 1 aromatic carbocycles. The molecule has 19 heavy (non-hydrogen) atoms. The van der Waals surface area contributed by atoms with Gasteiger partial charge in [-0.3, -0.25) is 0 Å². The molecule has 1 N–H and O–H groups in total. The minimum atomic E-state index is 0.228. The quantitative estimate of drug-likeness (QED) is 0.833. The summed E-state index contributed by atoms with van der Waals surface area (Å²) in [6, 6.07) is 5.57. The first-order valence-corrected chi connectivity index (χ1v) is 7.79. The third kappa shape index (κ3) is 4.01. The summed E-state index contributed by atoms with van der Waals surface area (Å²) in [4.78, 5) is 0. The van der Waals surface area contributed by atoms with Gasteiger partial charge in [-0.2, -0.15) is 0 Å². The van der Waals surface area contributed by atoms with E-state index in [1.54, 1.807) is 6.07 Å². The second-order valence-electron chi connectivity index (χ2n) is 5.10. The number of hydrogen-bond acceptors (Lipinski definition) is 2. The second kappa shape index (κ2) is 7.37. The minimum absolute atomic E-state index is 0.228. The molecule has 1 saturated heterocycles. The Bertz CT molecular complexity index is 405. The van der Waals surface area contributed by atoms with Crippen LogP contribution in [-0.2, 0) is 0 Å². The number of hydrogen-bond donors (Lipinski definition) is 1. The Morgan fingerprint density at radius 2 is 2.26 bits per heavy atom. The van der Waals surface area contributed by atoms with Gasteiger partial charge >= 0.3 is 0 Å². The minimum Gasteiger partial charge on any atom is -0.488 e. The van der Waals surface area contributed by atoms with Gasteiger partial charge in [0.25, 0.3) is 0 Å². The molecule has 2 atom stereocenters. The predicted molar refractivity (Wildman–Crippen MR) is 81.4 cm³/mol. The third-order valence-corrected chi connectivity index (χ3v) is 4.46. The van der Waals surface area contributed by atoms with Crippen molar-refractivity contribution < 1.29 is 4.74 Å². The number of benzene rings is 1. The molecule has 2 nitrogen and oxygen atoms in total. The Morgan fingerprint density at radius 3 is 2.95 bits per heavy atom. The highest BCUT2D eigenvalue weighted by atomic mass is 35.5. The zero-order valence-corrected chi connectivity index (χ0v) is 12.8. The van der Waals surface area contributed by atoms with E-state index in [4.69, 9.17) is 27.9 Å². The van der Waals surface area contributed by atoms with Crippen molar-refractivity contribution in [3.63, 3.8) is 0 Å². The standard InChI is InChI=1S/C15H21Cl2NO/c1-2-3-6-13(11-8-9-18-10-11)19-14-7-4-5-12(16)15(14)17/h4-5,7,11,13,18H,2-3,6,8-10H2,1H3/t11?,13-/m1/s1. The lowest BCUT2D eigenvalue weighted by Gasteiger charge is -2.25. The summed E-state index contributed by atoms with van der Waals surface area (Å²) < 4.78 is 6.16. The van der Waals surface area contributed by atoms with Crippen molar-refractivity contribution in [2.75, 3.05) is 13.1 Å². The normalized spacial score (nSPS) is 20.5. The van der Waals surface area contributed by atoms with Gasteiger partial charge in [0, 0.05) is 12.5 Å². The van der Waals surface area contributed by atoms with Crippen LogP contribution in [0, 0.1) is 5.92 Å². The van der Waals surface area contributed by atoms with E-state index in [0.29, 0.717) is 21.7 Å². The van der Waals surface area contributed by atoms with Crippen LogP contribution in [0.15, 0.2) is 18.2 Å². The van der Waals surface area contributed by atoms with Crippen molar-refractivity contribution in [2.45, 2.75) is 38.7 Å². The molecule has 1 aliphatic rings. The van der Waals surface area contributed by atoms with Crippen molar-refractivity contribution in [1.29, 1.82) is 0 Å². The van der Waals surface area contributed by atoms with E-state index in [1.807, 2.05) is 12.1 Å². The van der Waals surface area contributed by atoms with Crippen molar-refractivity contribution in [3.05, 3.63) is 28.2 Å². The van der Waals surface area contributed by atoms with Crippen LogP contribution in [0.3, 0.4) is 0 Å². The molecule has 0 aromatic heterocycles. The Kier molecular flexibility index (Phi) is 5.80. The average molecular weight is 302 g/mol. The first kappa shape index (κ1) is 15.0. The molecule has 106 valence electrons. The largest absolute Gasteiger partial charge is 0.488 e. The zero-order chi connectivity index (χ0) is 13.7. The molecule has 0 bridgehead atoms. The number of ether oxygens (including phenoxy) is 1. The molecule has 0 aliphatic carbocycles. The molecule has 2 rings (SSSR count). The van der Waals surface area contributed by atoms with Gasteiger partial charge in [0.1, 0.15) is 16.9 Å². The van der Waals surface area contributed by atoms with Crippen molar-refractivity contribution >= 4 is 23.2 Å². The van der Waals surface area contributed by atoms with E-state index in [2.05, 4.69) is 12.2 Å². The molecule has 0 amide bonds. The fourth-order valence-corrected chi connectivity index (χ4v) is 2.86. The highest BCUT2D eigenvalue weighted by Crippen LogP contribution is 2.34. The molecule has 4 heteroatoms. The summed E-state index contributed by atoms with van der Waals surface area (Å²) in [6.07, 6.45) is 4.84. The summed E-state index contributed by atoms with van der Waals surface area (Å²) in [6.45, 7) is 4.32. The van der Waals surface area contributed by atoms with Gasteiger partial charge in [-0.1, -0.05) is 49.0 Å². The molecule has 0 radical (unpaired) electrons. The number of nitrogens with one attached hydrogen (secondary N) is 1. The van der Waals surface area contributed by atoms with E-state index in [0.717, 1.165) is 19.5 Å². The lowest BCUT2D eigenvalue weighted by atomic mass is 9.97. The van der Waals surface area contributed by atoms with E-state index in [-0.39, 0.29) is 6.10 Å². The van der Waals surface area contributed by atoms with Gasteiger partial charge in [0.15, 0.2) is 0 Å². The first-order chi connectivity index (χ1) is 9.22. The van der Waals surface area contributed by atoms with Crippen molar-refractivity contribution in [1.82, 2.24) is 5.32 Å². The fourth-order valence-electron chi connectivity index (χ4n) is 2.53. The van der Waals surface area contributed by atoms with Gasteiger partial charge in [0.05, 0.1) is 5.02 Å². The highest BCUT2D eigenvalue weighted by molar-refractivity contribution is 6.42.